The van der Waals surface area contributed by atoms with E-state index in [4.69, 9.17) is 0 Å². The van der Waals surface area contributed by atoms with E-state index in [2.05, 4.69) is 5.32 Å². The second-order valence-electron chi connectivity index (χ2n) is 3.66. The predicted octanol–water partition coefficient (Wildman–Crippen LogP) is 2.69. The number of carbonyl (C=O) groups is 1. The summed E-state index contributed by atoms with van der Waals surface area (Å²) in [4.78, 5) is 11.9. The number of hydrogen-bond acceptors (Lipinski definition) is 1. The van der Waals surface area contributed by atoms with Crippen LogP contribution in [-0.4, -0.2) is 10.5 Å². The summed E-state index contributed by atoms with van der Waals surface area (Å²) in [5.41, 5.74) is 0.825. The number of amides is 1. The molecule has 0 saturated heterocycles. The lowest BCUT2D eigenvalue weighted by Crippen LogP contribution is -2.22. The zero-order valence-electron chi connectivity index (χ0n) is 9.13. The molecule has 1 atom stereocenters. The highest BCUT2D eigenvalue weighted by molar-refractivity contribution is 5.93. The van der Waals surface area contributed by atoms with Gasteiger partial charge in [-0.3, -0.25) is 4.79 Å². The molecular formula is C13H14N2O. The van der Waals surface area contributed by atoms with Gasteiger partial charge in [0, 0.05) is 18.1 Å². The van der Waals surface area contributed by atoms with Crippen LogP contribution < -0.4 is 5.32 Å². The molecular weight excluding hydrogens is 200 g/mol. The van der Waals surface area contributed by atoms with Crippen LogP contribution in [0.15, 0.2) is 54.9 Å². The van der Waals surface area contributed by atoms with Gasteiger partial charge in [-0.05, 0) is 31.2 Å². The molecule has 0 radical (unpaired) electrons. The highest BCUT2D eigenvalue weighted by Crippen LogP contribution is 2.11. The SMILES string of the molecule is CC(C(=O)Nc1ccccc1)n1cccc1. The first-order valence-electron chi connectivity index (χ1n) is 5.26. The van der Waals surface area contributed by atoms with Gasteiger partial charge in [0.2, 0.25) is 5.91 Å². The number of carbonyl (C=O) groups excluding carboxylic acids is 1. The Morgan fingerprint density at radius 3 is 2.38 bits per heavy atom. The van der Waals surface area contributed by atoms with E-state index in [1.165, 1.54) is 0 Å². The summed E-state index contributed by atoms with van der Waals surface area (Å²) >= 11 is 0. The minimum atomic E-state index is -0.199. The average molecular weight is 214 g/mol. The van der Waals surface area contributed by atoms with E-state index in [1.54, 1.807) is 0 Å². The molecule has 16 heavy (non-hydrogen) atoms. The molecule has 1 aromatic heterocycles. The number of benzene rings is 1. The summed E-state index contributed by atoms with van der Waals surface area (Å²) in [6.45, 7) is 1.87. The molecule has 0 fully saturated rings. The zero-order valence-corrected chi connectivity index (χ0v) is 9.13. The Kier molecular flexibility index (Phi) is 3.05. The smallest absolute Gasteiger partial charge is 0.247 e. The summed E-state index contributed by atoms with van der Waals surface area (Å²) in [6, 6.07) is 13.1. The molecule has 3 heteroatoms. The summed E-state index contributed by atoms with van der Waals surface area (Å²) in [5.74, 6) is -0.0117. The van der Waals surface area contributed by atoms with Crippen LogP contribution in [0, 0.1) is 0 Å². The van der Waals surface area contributed by atoms with Gasteiger partial charge in [0.15, 0.2) is 0 Å². The lowest BCUT2D eigenvalue weighted by atomic mass is 10.2. The van der Waals surface area contributed by atoms with Crippen LogP contribution in [0.5, 0.6) is 0 Å². The Labute approximate surface area is 94.7 Å². The van der Waals surface area contributed by atoms with E-state index in [0.29, 0.717) is 0 Å². The van der Waals surface area contributed by atoms with Crippen molar-refractivity contribution in [2.75, 3.05) is 5.32 Å². The molecule has 0 saturated carbocycles. The Bertz CT molecular complexity index is 448. The van der Waals surface area contributed by atoms with Crippen LogP contribution in [0.3, 0.4) is 0 Å². The van der Waals surface area contributed by atoms with E-state index in [0.717, 1.165) is 5.69 Å². The maximum atomic E-state index is 11.9. The lowest BCUT2D eigenvalue weighted by Gasteiger charge is -2.13. The highest BCUT2D eigenvalue weighted by atomic mass is 16.2. The summed E-state index contributed by atoms with van der Waals surface area (Å²) < 4.78 is 1.87. The van der Waals surface area contributed by atoms with Gasteiger partial charge in [-0.1, -0.05) is 18.2 Å². The third-order valence-corrected chi connectivity index (χ3v) is 2.50. The highest BCUT2D eigenvalue weighted by Gasteiger charge is 2.13. The molecule has 0 bridgehead atoms. The van der Waals surface area contributed by atoms with Gasteiger partial charge in [-0.2, -0.15) is 0 Å². The van der Waals surface area contributed by atoms with Crippen molar-refractivity contribution in [3.8, 4) is 0 Å². The van der Waals surface area contributed by atoms with Crippen LogP contribution in [0.1, 0.15) is 13.0 Å². The maximum absolute atomic E-state index is 11.9. The fourth-order valence-electron chi connectivity index (χ4n) is 1.51. The van der Waals surface area contributed by atoms with Crippen LogP contribution in [0.4, 0.5) is 5.69 Å². The third-order valence-electron chi connectivity index (χ3n) is 2.50. The first-order valence-corrected chi connectivity index (χ1v) is 5.26. The van der Waals surface area contributed by atoms with Gasteiger partial charge in [0.1, 0.15) is 6.04 Å². The van der Waals surface area contributed by atoms with Crippen molar-refractivity contribution in [2.24, 2.45) is 0 Å². The van der Waals surface area contributed by atoms with Crippen LogP contribution in [0.25, 0.3) is 0 Å². The molecule has 1 aromatic carbocycles. The molecule has 1 heterocycles. The van der Waals surface area contributed by atoms with Gasteiger partial charge in [0.05, 0.1) is 0 Å². The Hall–Kier alpha value is -2.03. The fourth-order valence-corrected chi connectivity index (χ4v) is 1.51. The number of para-hydroxylation sites is 1. The van der Waals surface area contributed by atoms with Gasteiger partial charge in [0.25, 0.3) is 0 Å². The van der Waals surface area contributed by atoms with Crippen molar-refractivity contribution < 1.29 is 4.79 Å². The van der Waals surface area contributed by atoms with E-state index in [-0.39, 0.29) is 11.9 Å². The van der Waals surface area contributed by atoms with Gasteiger partial charge in [-0.15, -0.1) is 0 Å². The Morgan fingerprint density at radius 1 is 1.12 bits per heavy atom. The van der Waals surface area contributed by atoms with E-state index in [1.807, 2.05) is 66.3 Å². The lowest BCUT2D eigenvalue weighted by molar-refractivity contribution is -0.118. The Balaban J connectivity index is 2.04. The van der Waals surface area contributed by atoms with Crippen molar-refractivity contribution in [1.29, 1.82) is 0 Å². The van der Waals surface area contributed by atoms with Crippen LogP contribution in [-0.2, 0) is 4.79 Å². The monoisotopic (exact) mass is 214 g/mol. The van der Waals surface area contributed by atoms with Crippen molar-refractivity contribution in [2.45, 2.75) is 13.0 Å². The molecule has 2 aromatic rings. The molecule has 3 nitrogen and oxygen atoms in total. The second-order valence-corrected chi connectivity index (χ2v) is 3.66. The standard InChI is InChI=1S/C13H14N2O/c1-11(15-9-5-6-10-15)13(16)14-12-7-3-2-4-8-12/h2-11H,1H3,(H,14,16). The number of nitrogens with zero attached hydrogens (tertiary/aromatic N) is 1. The molecule has 0 aliphatic heterocycles. The molecule has 1 amide bonds. The van der Waals surface area contributed by atoms with E-state index >= 15 is 0 Å². The predicted molar refractivity (Wildman–Crippen MR) is 64.2 cm³/mol. The number of anilines is 1. The van der Waals surface area contributed by atoms with Crippen molar-refractivity contribution >= 4 is 11.6 Å². The number of hydrogen-bond donors (Lipinski definition) is 1. The first-order chi connectivity index (χ1) is 7.77. The quantitative estimate of drug-likeness (QED) is 0.837. The van der Waals surface area contributed by atoms with Crippen molar-refractivity contribution in [3.63, 3.8) is 0 Å². The average Bonchev–Trinajstić information content (AvgIpc) is 2.83. The largest absolute Gasteiger partial charge is 0.342 e. The molecule has 0 aliphatic rings. The summed E-state index contributed by atoms with van der Waals surface area (Å²) in [6.07, 6.45) is 3.77. The normalized spacial score (nSPS) is 12.1. The third kappa shape index (κ3) is 2.31. The molecule has 1 N–H and O–H groups in total. The van der Waals surface area contributed by atoms with Crippen LogP contribution >= 0.6 is 0 Å². The minimum Gasteiger partial charge on any atom is -0.342 e. The molecule has 0 aliphatic carbocycles. The van der Waals surface area contributed by atoms with Crippen LogP contribution in [0.2, 0.25) is 0 Å². The molecule has 0 spiro atoms. The topological polar surface area (TPSA) is 34.0 Å². The summed E-state index contributed by atoms with van der Waals surface area (Å²) in [5, 5.41) is 2.87. The van der Waals surface area contributed by atoms with Gasteiger partial charge >= 0.3 is 0 Å². The second kappa shape index (κ2) is 4.66. The van der Waals surface area contributed by atoms with E-state index < -0.39 is 0 Å². The molecule has 2 rings (SSSR count). The fraction of sp³-hybridized carbons (Fsp3) is 0.154. The summed E-state index contributed by atoms with van der Waals surface area (Å²) in [7, 11) is 0. The maximum Gasteiger partial charge on any atom is 0.247 e. The van der Waals surface area contributed by atoms with E-state index in [9.17, 15) is 4.79 Å². The van der Waals surface area contributed by atoms with Gasteiger partial charge < -0.3 is 9.88 Å². The minimum absolute atomic E-state index is 0.0117. The molecule has 1 unspecified atom stereocenters. The Morgan fingerprint density at radius 2 is 1.75 bits per heavy atom. The van der Waals surface area contributed by atoms with Crippen molar-refractivity contribution in [3.05, 3.63) is 54.9 Å². The number of aromatic nitrogens is 1. The number of nitrogens with one attached hydrogen (secondary N) is 1. The molecule has 82 valence electrons. The number of rotatable bonds is 3. The first kappa shape index (κ1) is 10.5. The zero-order chi connectivity index (χ0) is 11.4. The van der Waals surface area contributed by atoms with Gasteiger partial charge in [-0.25, -0.2) is 0 Å². The van der Waals surface area contributed by atoms with Crippen molar-refractivity contribution in [1.82, 2.24) is 4.57 Å².